The Morgan fingerprint density at radius 3 is 2.30 bits per heavy atom. The predicted octanol–water partition coefficient (Wildman–Crippen LogP) is -0.145. The molecule has 0 bridgehead atoms. The molecule has 110 valence electrons. The van der Waals surface area contributed by atoms with Gasteiger partial charge in [0.1, 0.15) is 0 Å². The Morgan fingerprint density at radius 1 is 1.30 bits per heavy atom. The Bertz CT molecular complexity index is 535. The van der Waals surface area contributed by atoms with Crippen molar-refractivity contribution in [1.29, 1.82) is 0 Å². The molecule has 1 saturated heterocycles. The summed E-state index contributed by atoms with van der Waals surface area (Å²) in [6.07, 6.45) is 2.45. The zero-order chi connectivity index (χ0) is 15.1. The minimum atomic E-state index is -5.09. The molecule has 1 fully saturated rings. The maximum absolute atomic E-state index is 11.8. The van der Waals surface area contributed by atoms with Gasteiger partial charge in [-0.25, -0.2) is 0 Å². The van der Waals surface area contributed by atoms with Crippen molar-refractivity contribution in [3.05, 3.63) is 12.2 Å². The number of hydrogen-bond acceptors (Lipinski definition) is 4. The van der Waals surface area contributed by atoms with Crippen LogP contribution in [0.15, 0.2) is 12.2 Å². The molecule has 2 aliphatic rings. The van der Waals surface area contributed by atoms with Gasteiger partial charge in [-0.3, -0.25) is 23.8 Å². The van der Waals surface area contributed by atoms with Gasteiger partial charge < -0.3 is 14.9 Å². The minimum Gasteiger partial charge on any atom is -0.480 e. The Hall–Kier alpha value is -1.50. The molecular weight excluding hydrogens is 289 g/mol. The third-order valence-electron chi connectivity index (χ3n) is 3.76. The van der Waals surface area contributed by atoms with Crippen LogP contribution in [0.2, 0.25) is 0 Å². The van der Waals surface area contributed by atoms with E-state index >= 15 is 0 Å². The Kier molecular flexibility index (Phi) is 3.58. The van der Waals surface area contributed by atoms with Crippen molar-refractivity contribution in [2.45, 2.75) is 36.9 Å². The number of carboxylic acid groups (broad SMARTS) is 1. The first kappa shape index (κ1) is 14.9. The van der Waals surface area contributed by atoms with E-state index in [4.69, 9.17) is 0 Å². The average Bonchev–Trinajstić information content (AvgIpc) is 2.67. The number of allylic oxidation sites excluding steroid dienone is 1. The van der Waals surface area contributed by atoms with E-state index in [2.05, 4.69) is 0 Å². The van der Waals surface area contributed by atoms with Crippen molar-refractivity contribution in [3.8, 4) is 0 Å². The molecule has 2 amide bonds. The summed E-state index contributed by atoms with van der Waals surface area (Å²) in [4.78, 5) is 54.7. The van der Waals surface area contributed by atoms with Crippen LogP contribution in [0.3, 0.4) is 0 Å². The van der Waals surface area contributed by atoms with Crippen LogP contribution in [-0.4, -0.2) is 48.8 Å². The molecule has 8 nitrogen and oxygen atoms in total. The zero-order valence-electron chi connectivity index (χ0n) is 10.4. The Morgan fingerprint density at radius 2 is 1.85 bits per heavy atom. The maximum atomic E-state index is 11.8. The van der Waals surface area contributed by atoms with Crippen molar-refractivity contribution in [2.24, 2.45) is 0 Å². The summed E-state index contributed by atoms with van der Waals surface area (Å²) < 4.78 is 11.8. The molecule has 3 N–H and O–H groups in total. The zero-order valence-corrected chi connectivity index (χ0v) is 11.3. The summed E-state index contributed by atoms with van der Waals surface area (Å²) in [6, 6.07) is -1.45. The molecule has 0 spiro atoms. The number of carbonyl (C=O) groups is 3. The monoisotopic (exact) mass is 303 g/mol. The SMILES string of the molecule is O=C1CCC(=O)N1[C@H]1C=CCC[C@@]1(C(=O)O)P(=O)(O)O. The molecule has 2 rings (SSSR count). The normalized spacial score (nSPS) is 30.9. The molecule has 1 aliphatic heterocycles. The quantitative estimate of drug-likeness (QED) is 0.375. The van der Waals surface area contributed by atoms with Gasteiger partial charge in [-0.1, -0.05) is 12.2 Å². The third kappa shape index (κ3) is 2.00. The van der Waals surface area contributed by atoms with Gasteiger partial charge in [-0.15, -0.1) is 0 Å². The number of aliphatic carboxylic acids is 1. The highest BCUT2D eigenvalue weighted by molar-refractivity contribution is 7.55. The average molecular weight is 303 g/mol. The number of carbonyl (C=O) groups excluding carboxylic acids is 2. The second-order valence-corrected chi connectivity index (χ2v) is 6.73. The summed E-state index contributed by atoms with van der Waals surface area (Å²) in [5.41, 5.74) is 0. The van der Waals surface area contributed by atoms with Gasteiger partial charge in [0, 0.05) is 12.8 Å². The number of carboxylic acids is 1. The maximum Gasteiger partial charge on any atom is 0.345 e. The predicted molar refractivity (Wildman–Crippen MR) is 65.7 cm³/mol. The van der Waals surface area contributed by atoms with Gasteiger partial charge in [0.2, 0.25) is 11.8 Å². The lowest BCUT2D eigenvalue weighted by atomic mass is 9.87. The van der Waals surface area contributed by atoms with E-state index in [1.54, 1.807) is 0 Å². The van der Waals surface area contributed by atoms with E-state index in [-0.39, 0.29) is 25.7 Å². The molecule has 2 atom stereocenters. The van der Waals surface area contributed by atoms with Crippen LogP contribution in [0.5, 0.6) is 0 Å². The van der Waals surface area contributed by atoms with Gasteiger partial charge in [0.05, 0.1) is 6.04 Å². The van der Waals surface area contributed by atoms with Gasteiger partial charge in [0.25, 0.3) is 0 Å². The highest BCUT2D eigenvalue weighted by Gasteiger charge is 2.62. The van der Waals surface area contributed by atoms with Crippen LogP contribution in [0, 0.1) is 0 Å². The van der Waals surface area contributed by atoms with E-state index in [0.717, 1.165) is 0 Å². The summed E-state index contributed by atoms with van der Waals surface area (Å²) >= 11 is 0. The summed E-state index contributed by atoms with van der Waals surface area (Å²) in [6.45, 7) is 0. The van der Waals surface area contributed by atoms with Crippen LogP contribution in [0.4, 0.5) is 0 Å². The van der Waals surface area contributed by atoms with Crippen molar-refractivity contribution in [1.82, 2.24) is 4.90 Å². The molecule has 0 aromatic heterocycles. The lowest BCUT2D eigenvalue weighted by Gasteiger charge is -2.41. The number of rotatable bonds is 3. The first-order valence-corrected chi connectivity index (χ1v) is 7.63. The fourth-order valence-electron chi connectivity index (χ4n) is 2.72. The highest BCUT2D eigenvalue weighted by atomic mass is 31.2. The van der Waals surface area contributed by atoms with E-state index in [9.17, 15) is 33.8 Å². The molecule has 9 heteroatoms. The number of nitrogens with zero attached hydrogens (tertiary/aromatic N) is 1. The van der Waals surface area contributed by atoms with Gasteiger partial charge in [0.15, 0.2) is 5.16 Å². The number of hydrogen-bond donors (Lipinski definition) is 3. The van der Waals surface area contributed by atoms with Crippen molar-refractivity contribution in [3.63, 3.8) is 0 Å². The standard InChI is InChI=1S/C11H14NO7P/c13-8-4-5-9(14)12(8)7-3-1-2-6-11(7,10(15)16)20(17,18)19/h1,3,7H,2,4-6H2,(H,15,16)(H2,17,18,19)/t7-,11+/m0/s1. The molecule has 1 heterocycles. The third-order valence-corrected chi connectivity index (χ3v) is 5.48. The van der Waals surface area contributed by atoms with E-state index in [1.807, 2.05) is 0 Å². The second-order valence-electron chi connectivity index (χ2n) is 4.84. The van der Waals surface area contributed by atoms with E-state index in [1.165, 1.54) is 12.2 Å². The van der Waals surface area contributed by atoms with Crippen LogP contribution < -0.4 is 0 Å². The lowest BCUT2D eigenvalue weighted by Crippen LogP contribution is -2.58. The highest BCUT2D eigenvalue weighted by Crippen LogP contribution is 2.58. The van der Waals surface area contributed by atoms with E-state index < -0.39 is 36.6 Å². The Balaban J connectivity index is 2.58. The van der Waals surface area contributed by atoms with Crippen LogP contribution >= 0.6 is 7.60 Å². The summed E-state index contributed by atoms with van der Waals surface area (Å²) in [5.74, 6) is -2.91. The summed E-state index contributed by atoms with van der Waals surface area (Å²) in [7, 11) is -5.09. The van der Waals surface area contributed by atoms with Crippen LogP contribution in [0.25, 0.3) is 0 Å². The first-order valence-electron chi connectivity index (χ1n) is 6.02. The van der Waals surface area contributed by atoms with Crippen molar-refractivity contribution < 1.29 is 33.8 Å². The molecule has 1 aliphatic carbocycles. The summed E-state index contributed by atoms with van der Waals surface area (Å²) in [5, 5.41) is 6.89. The molecule has 20 heavy (non-hydrogen) atoms. The molecule has 0 unspecified atom stereocenters. The lowest BCUT2D eigenvalue weighted by molar-refractivity contribution is -0.147. The minimum absolute atomic E-state index is 0.0694. The van der Waals surface area contributed by atoms with E-state index in [0.29, 0.717) is 4.90 Å². The topological polar surface area (TPSA) is 132 Å². The fourth-order valence-corrected chi connectivity index (χ4v) is 3.93. The molecule has 0 saturated carbocycles. The molecule has 0 radical (unpaired) electrons. The van der Waals surface area contributed by atoms with Gasteiger partial charge >= 0.3 is 13.6 Å². The molecule has 0 aromatic rings. The smallest absolute Gasteiger partial charge is 0.345 e. The molecular formula is C11H14NO7P. The van der Waals surface area contributed by atoms with Gasteiger partial charge in [-0.2, -0.15) is 0 Å². The molecule has 0 aromatic carbocycles. The van der Waals surface area contributed by atoms with Crippen molar-refractivity contribution >= 4 is 25.4 Å². The fraction of sp³-hybridized carbons (Fsp3) is 0.545. The Labute approximate surface area is 114 Å². The number of amides is 2. The number of imide groups is 1. The second kappa shape index (κ2) is 4.80. The van der Waals surface area contributed by atoms with Crippen LogP contribution in [0.1, 0.15) is 25.7 Å². The first-order chi connectivity index (χ1) is 9.22. The van der Waals surface area contributed by atoms with Crippen LogP contribution in [-0.2, 0) is 18.9 Å². The number of likely N-dealkylation sites (tertiary alicyclic amines) is 1. The van der Waals surface area contributed by atoms with Crippen molar-refractivity contribution in [2.75, 3.05) is 0 Å². The largest absolute Gasteiger partial charge is 0.480 e. The van der Waals surface area contributed by atoms with Gasteiger partial charge in [-0.05, 0) is 12.8 Å².